The first-order valence-electron chi connectivity index (χ1n) is 6.24. The van der Waals surface area contributed by atoms with Gasteiger partial charge >= 0.3 is 0 Å². The second kappa shape index (κ2) is 5.69. The van der Waals surface area contributed by atoms with Crippen LogP contribution in [-0.4, -0.2) is 25.1 Å². The first kappa shape index (κ1) is 12.7. The van der Waals surface area contributed by atoms with Crippen LogP contribution in [0.5, 0.6) is 0 Å². The number of nitrogens with zero attached hydrogens (tertiary/aromatic N) is 2. The van der Waals surface area contributed by atoms with E-state index in [-0.39, 0.29) is 0 Å². The van der Waals surface area contributed by atoms with E-state index in [0.29, 0.717) is 6.04 Å². The summed E-state index contributed by atoms with van der Waals surface area (Å²) in [4.78, 5) is 6.73. The van der Waals surface area contributed by atoms with Crippen molar-refractivity contribution in [1.29, 1.82) is 0 Å². The van der Waals surface area contributed by atoms with E-state index in [4.69, 9.17) is 11.6 Å². The van der Waals surface area contributed by atoms with Crippen molar-refractivity contribution in [3.05, 3.63) is 22.8 Å². The van der Waals surface area contributed by atoms with Gasteiger partial charge in [0, 0.05) is 25.8 Å². The summed E-state index contributed by atoms with van der Waals surface area (Å²) in [5.74, 6) is 1.03. The van der Waals surface area contributed by atoms with Crippen LogP contribution < -0.4 is 10.2 Å². The van der Waals surface area contributed by atoms with E-state index in [1.165, 1.54) is 25.7 Å². The van der Waals surface area contributed by atoms with Gasteiger partial charge in [0.2, 0.25) is 0 Å². The van der Waals surface area contributed by atoms with Gasteiger partial charge in [-0.2, -0.15) is 0 Å². The van der Waals surface area contributed by atoms with Crippen molar-refractivity contribution in [2.45, 2.75) is 38.3 Å². The van der Waals surface area contributed by atoms with Crippen molar-refractivity contribution in [3.8, 4) is 0 Å². The zero-order valence-electron chi connectivity index (χ0n) is 10.5. The minimum atomic E-state index is 0.645. The smallest absolute Gasteiger partial charge is 0.128 e. The molecule has 0 aromatic carbocycles. The molecule has 1 aliphatic carbocycles. The van der Waals surface area contributed by atoms with Crippen LogP contribution in [0.1, 0.15) is 31.2 Å². The fourth-order valence-electron chi connectivity index (χ4n) is 2.47. The van der Waals surface area contributed by atoms with Gasteiger partial charge in [0.15, 0.2) is 0 Å². The summed E-state index contributed by atoms with van der Waals surface area (Å²) in [5, 5.41) is 3.87. The van der Waals surface area contributed by atoms with E-state index in [1.54, 1.807) is 6.20 Å². The normalized spacial score (nSPS) is 16.4. The van der Waals surface area contributed by atoms with E-state index in [9.17, 15) is 0 Å². The lowest BCUT2D eigenvalue weighted by Gasteiger charge is -2.25. The molecule has 0 atom stereocenters. The highest BCUT2D eigenvalue weighted by Gasteiger charge is 2.20. The zero-order valence-corrected chi connectivity index (χ0v) is 11.3. The molecular formula is C13H20ClN3. The van der Waals surface area contributed by atoms with E-state index in [0.717, 1.165) is 22.9 Å². The summed E-state index contributed by atoms with van der Waals surface area (Å²) >= 11 is 6.12. The SMILES string of the molecule is CNCc1cc(N(C)C2CCCC2)ncc1Cl. The highest BCUT2D eigenvalue weighted by Crippen LogP contribution is 2.27. The van der Waals surface area contributed by atoms with Crippen LogP contribution in [0.15, 0.2) is 12.3 Å². The molecule has 4 heteroatoms. The molecular weight excluding hydrogens is 234 g/mol. The zero-order chi connectivity index (χ0) is 12.3. The number of hydrogen-bond acceptors (Lipinski definition) is 3. The molecule has 0 bridgehead atoms. The summed E-state index contributed by atoms with van der Waals surface area (Å²) in [6.45, 7) is 0.785. The maximum atomic E-state index is 6.12. The maximum Gasteiger partial charge on any atom is 0.128 e. The highest BCUT2D eigenvalue weighted by molar-refractivity contribution is 6.31. The second-order valence-corrected chi connectivity index (χ2v) is 5.12. The van der Waals surface area contributed by atoms with E-state index < -0.39 is 0 Å². The summed E-state index contributed by atoms with van der Waals surface area (Å²) < 4.78 is 0. The van der Waals surface area contributed by atoms with E-state index in [1.807, 2.05) is 7.05 Å². The molecule has 0 spiro atoms. The first-order chi connectivity index (χ1) is 8.22. The Kier molecular flexibility index (Phi) is 4.24. The van der Waals surface area contributed by atoms with Crippen molar-refractivity contribution < 1.29 is 0 Å². The number of aromatic nitrogens is 1. The Morgan fingerprint density at radius 3 is 2.82 bits per heavy atom. The number of pyridine rings is 1. The van der Waals surface area contributed by atoms with Crippen LogP contribution in [0.3, 0.4) is 0 Å². The fourth-order valence-corrected chi connectivity index (χ4v) is 2.64. The molecule has 1 fully saturated rings. The third-order valence-electron chi connectivity index (χ3n) is 3.52. The molecule has 0 radical (unpaired) electrons. The Labute approximate surface area is 108 Å². The summed E-state index contributed by atoms with van der Waals surface area (Å²) in [6.07, 6.45) is 7.00. The van der Waals surface area contributed by atoms with E-state index >= 15 is 0 Å². The van der Waals surface area contributed by atoms with Gasteiger partial charge < -0.3 is 10.2 Å². The molecule has 0 amide bonds. The van der Waals surface area contributed by atoms with Gasteiger partial charge in [-0.1, -0.05) is 24.4 Å². The van der Waals surface area contributed by atoms with Crippen molar-refractivity contribution >= 4 is 17.4 Å². The van der Waals surface area contributed by atoms with Crippen LogP contribution in [0.2, 0.25) is 5.02 Å². The van der Waals surface area contributed by atoms with Gasteiger partial charge in [-0.05, 0) is 31.5 Å². The lowest BCUT2D eigenvalue weighted by atomic mass is 10.2. The maximum absolute atomic E-state index is 6.12. The molecule has 94 valence electrons. The molecule has 1 aromatic heterocycles. The molecule has 2 rings (SSSR count). The van der Waals surface area contributed by atoms with Crippen molar-refractivity contribution in [1.82, 2.24) is 10.3 Å². The Hall–Kier alpha value is -0.800. The predicted octanol–water partition coefficient (Wildman–Crippen LogP) is 2.83. The van der Waals surface area contributed by atoms with Crippen LogP contribution in [0, 0.1) is 0 Å². The van der Waals surface area contributed by atoms with Crippen LogP contribution in [-0.2, 0) is 6.54 Å². The van der Waals surface area contributed by atoms with E-state index in [2.05, 4.69) is 28.3 Å². The molecule has 1 N–H and O–H groups in total. The molecule has 1 aromatic rings. The summed E-state index contributed by atoms with van der Waals surface area (Å²) in [6, 6.07) is 2.74. The minimum absolute atomic E-state index is 0.645. The van der Waals surface area contributed by atoms with Gasteiger partial charge in [-0.25, -0.2) is 4.98 Å². The average Bonchev–Trinajstić information content (AvgIpc) is 2.85. The number of halogens is 1. The number of hydrogen-bond donors (Lipinski definition) is 1. The van der Waals surface area contributed by atoms with Gasteiger partial charge in [0.05, 0.1) is 5.02 Å². The number of anilines is 1. The average molecular weight is 254 g/mol. The summed E-state index contributed by atoms with van der Waals surface area (Å²) in [5.41, 5.74) is 1.11. The van der Waals surface area contributed by atoms with Gasteiger partial charge in [0.25, 0.3) is 0 Å². The number of rotatable bonds is 4. The largest absolute Gasteiger partial charge is 0.357 e. The predicted molar refractivity (Wildman–Crippen MR) is 72.7 cm³/mol. The molecule has 0 unspecified atom stereocenters. The molecule has 0 aliphatic heterocycles. The van der Waals surface area contributed by atoms with Crippen LogP contribution >= 0.6 is 11.6 Å². The van der Waals surface area contributed by atoms with Crippen molar-refractivity contribution in [3.63, 3.8) is 0 Å². The molecule has 17 heavy (non-hydrogen) atoms. The Bertz CT molecular complexity index is 375. The lowest BCUT2D eigenvalue weighted by molar-refractivity contribution is 0.645. The van der Waals surface area contributed by atoms with Crippen molar-refractivity contribution in [2.75, 3.05) is 19.0 Å². The Balaban J connectivity index is 2.16. The number of nitrogens with one attached hydrogen (secondary N) is 1. The third kappa shape index (κ3) is 2.90. The minimum Gasteiger partial charge on any atom is -0.357 e. The molecule has 1 heterocycles. The van der Waals surface area contributed by atoms with Gasteiger partial charge in [-0.3, -0.25) is 0 Å². The van der Waals surface area contributed by atoms with Gasteiger partial charge in [-0.15, -0.1) is 0 Å². The van der Waals surface area contributed by atoms with Crippen LogP contribution in [0.4, 0.5) is 5.82 Å². The monoisotopic (exact) mass is 253 g/mol. The topological polar surface area (TPSA) is 28.2 Å². The first-order valence-corrected chi connectivity index (χ1v) is 6.62. The van der Waals surface area contributed by atoms with Gasteiger partial charge in [0.1, 0.15) is 5.82 Å². The summed E-state index contributed by atoms with van der Waals surface area (Å²) in [7, 11) is 4.06. The quantitative estimate of drug-likeness (QED) is 0.895. The lowest BCUT2D eigenvalue weighted by Crippen LogP contribution is -2.29. The standard InChI is InChI=1S/C13H20ClN3/c1-15-8-10-7-13(16-9-12(10)14)17(2)11-5-3-4-6-11/h7,9,11,15H,3-6,8H2,1-2H3. The molecule has 1 saturated carbocycles. The third-order valence-corrected chi connectivity index (χ3v) is 3.86. The van der Waals surface area contributed by atoms with Crippen molar-refractivity contribution in [2.24, 2.45) is 0 Å². The fraction of sp³-hybridized carbons (Fsp3) is 0.615. The Morgan fingerprint density at radius 1 is 1.47 bits per heavy atom. The molecule has 1 aliphatic rings. The van der Waals surface area contributed by atoms with Crippen LogP contribution in [0.25, 0.3) is 0 Å². The highest BCUT2D eigenvalue weighted by atomic mass is 35.5. The second-order valence-electron chi connectivity index (χ2n) is 4.71. The molecule has 3 nitrogen and oxygen atoms in total. The molecule has 0 saturated heterocycles. The Morgan fingerprint density at radius 2 is 2.18 bits per heavy atom.